The fraction of sp³-hybridized carbons (Fsp3) is 0. The lowest BCUT2D eigenvalue weighted by molar-refractivity contribution is 0.0698. The summed E-state index contributed by atoms with van der Waals surface area (Å²) in [5, 5.41) is 11.5. The number of carboxylic acid groups (broad SMARTS) is 1. The zero-order valence-corrected chi connectivity index (χ0v) is 9.77. The standard InChI is InChI=1S/C10H8N4O3S/c11-10(17)14-8-6(9(15)16)1-7(18-8)5-2-12-4-13-3-5/h1-4H,(H,15,16)(H3,11,14,17). The Morgan fingerprint density at radius 1 is 1.33 bits per heavy atom. The molecule has 18 heavy (non-hydrogen) atoms. The molecule has 0 radical (unpaired) electrons. The molecular formula is C10H8N4O3S. The minimum Gasteiger partial charge on any atom is -0.478 e. The van der Waals surface area contributed by atoms with Gasteiger partial charge in [0.15, 0.2) is 0 Å². The number of nitrogens with two attached hydrogens (primary N) is 1. The normalized spacial score (nSPS) is 10.0. The van der Waals surface area contributed by atoms with Gasteiger partial charge in [-0.25, -0.2) is 19.6 Å². The number of hydrogen-bond donors (Lipinski definition) is 3. The van der Waals surface area contributed by atoms with Crippen LogP contribution in [-0.2, 0) is 0 Å². The summed E-state index contributed by atoms with van der Waals surface area (Å²) in [7, 11) is 0. The van der Waals surface area contributed by atoms with Crippen LogP contribution in [0.2, 0.25) is 0 Å². The van der Waals surface area contributed by atoms with Gasteiger partial charge < -0.3 is 10.8 Å². The van der Waals surface area contributed by atoms with Crippen LogP contribution in [0.1, 0.15) is 10.4 Å². The number of amides is 2. The zero-order chi connectivity index (χ0) is 13.1. The van der Waals surface area contributed by atoms with Crippen molar-refractivity contribution in [3.63, 3.8) is 0 Å². The van der Waals surface area contributed by atoms with Gasteiger partial charge in [-0.1, -0.05) is 0 Å². The van der Waals surface area contributed by atoms with E-state index in [1.807, 2.05) is 0 Å². The van der Waals surface area contributed by atoms with Crippen molar-refractivity contribution < 1.29 is 14.7 Å². The summed E-state index contributed by atoms with van der Waals surface area (Å²) in [6.07, 6.45) is 4.48. The van der Waals surface area contributed by atoms with Crippen molar-refractivity contribution in [2.75, 3.05) is 5.32 Å². The maximum Gasteiger partial charge on any atom is 0.338 e. The van der Waals surface area contributed by atoms with Crippen LogP contribution in [0.25, 0.3) is 10.4 Å². The molecule has 92 valence electrons. The van der Waals surface area contributed by atoms with Crippen molar-refractivity contribution in [3.8, 4) is 10.4 Å². The maximum absolute atomic E-state index is 11.0. The summed E-state index contributed by atoms with van der Waals surface area (Å²) in [5.74, 6) is -1.14. The molecule has 2 aromatic heterocycles. The summed E-state index contributed by atoms with van der Waals surface area (Å²) in [6, 6.07) is 0.631. The summed E-state index contributed by atoms with van der Waals surface area (Å²) in [6.45, 7) is 0. The lowest BCUT2D eigenvalue weighted by Gasteiger charge is -1.98. The topological polar surface area (TPSA) is 118 Å². The SMILES string of the molecule is NC(=O)Nc1sc(-c2cncnc2)cc1C(=O)O. The van der Waals surface area contributed by atoms with Gasteiger partial charge in [0.05, 0.1) is 5.56 Å². The van der Waals surface area contributed by atoms with Crippen LogP contribution in [0.3, 0.4) is 0 Å². The largest absolute Gasteiger partial charge is 0.478 e. The van der Waals surface area contributed by atoms with Crippen LogP contribution in [0.5, 0.6) is 0 Å². The van der Waals surface area contributed by atoms with Crippen molar-refractivity contribution in [2.45, 2.75) is 0 Å². The number of carbonyl (C=O) groups excluding carboxylic acids is 1. The number of rotatable bonds is 3. The first-order valence-corrected chi connectivity index (χ1v) is 5.58. The van der Waals surface area contributed by atoms with Crippen molar-refractivity contribution in [2.24, 2.45) is 5.73 Å². The third kappa shape index (κ3) is 2.43. The Hall–Kier alpha value is -2.48. The highest BCUT2D eigenvalue weighted by Crippen LogP contribution is 2.34. The second-order valence-electron chi connectivity index (χ2n) is 3.28. The molecule has 0 saturated heterocycles. The summed E-state index contributed by atoms with van der Waals surface area (Å²) in [5.41, 5.74) is 5.63. The van der Waals surface area contributed by atoms with Crippen molar-refractivity contribution in [1.29, 1.82) is 0 Å². The minimum atomic E-state index is -1.14. The zero-order valence-electron chi connectivity index (χ0n) is 8.95. The summed E-state index contributed by atoms with van der Waals surface area (Å²) >= 11 is 1.10. The molecule has 2 heterocycles. The van der Waals surface area contributed by atoms with E-state index in [4.69, 9.17) is 10.8 Å². The van der Waals surface area contributed by atoms with E-state index in [-0.39, 0.29) is 10.6 Å². The van der Waals surface area contributed by atoms with Crippen molar-refractivity contribution >= 4 is 28.3 Å². The summed E-state index contributed by atoms with van der Waals surface area (Å²) < 4.78 is 0. The first kappa shape index (κ1) is 12.0. The molecule has 0 spiro atoms. The van der Waals surface area contributed by atoms with Crippen molar-refractivity contribution in [1.82, 2.24) is 9.97 Å². The van der Waals surface area contributed by atoms with E-state index in [9.17, 15) is 9.59 Å². The quantitative estimate of drug-likeness (QED) is 0.774. The second-order valence-corrected chi connectivity index (χ2v) is 4.33. The van der Waals surface area contributed by atoms with E-state index in [2.05, 4.69) is 15.3 Å². The van der Waals surface area contributed by atoms with Gasteiger partial charge in [-0.2, -0.15) is 0 Å². The van der Waals surface area contributed by atoms with E-state index in [1.165, 1.54) is 12.4 Å². The minimum absolute atomic E-state index is 0.0161. The van der Waals surface area contributed by atoms with Gasteiger partial charge in [0.25, 0.3) is 0 Å². The van der Waals surface area contributed by atoms with E-state index < -0.39 is 12.0 Å². The summed E-state index contributed by atoms with van der Waals surface area (Å²) in [4.78, 5) is 30.1. The molecule has 2 rings (SSSR count). The van der Waals surface area contributed by atoms with E-state index in [1.54, 1.807) is 12.4 Å². The number of aromatic nitrogens is 2. The van der Waals surface area contributed by atoms with Crippen LogP contribution in [-0.4, -0.2) is 27.1 Å². The molecule has 0 aliphatic heterocycles. The smallest absolute Gasteiger partial charge is 0.338 e. The van der Waals surface area contributed by atoms with Gasteiger partial charge in [0.1, 0.15) is 11.3 Å². The fourth-order valence-corrected chi connectivity index (χ4v) is 2.35. The van der Waals surface area contributed by atoms with Crippen LogP contribution in [0, 0.1) is 0 Å². The number of carbonyl (C=O) groups is 2. The van der Waals surface area contributed by atoms with Gasteiger partial charge in [0, 0.05) is 22.8 Å². The van der Waals surface area contributed by atoms with Gasteiger partial charge in [0.2, 0.25) is 0 Å². The van der Waals surface area contributed by atoms with Gasteiger partial charge in [-0.3, -0.25) is 5.32 Å². The first-order valence-electron chi connectivity index (χ1n) is 4.77. The number of aromatic carboxylic acids is 1. The Labute approximate surface area is 105 Å². The van der Waals surface area contributed by atoms with Crippen LogP contribution < -0.4 is 11.1 Å². The Kier molecular flexibility index (Phi) is 3.20. The molecule has 2 aromatic rings. The Morgan fingerprint density at radius 2 is 2.00 bits per heavy atom. The highest BCUT2D eigenvalue weighted by atomic mass is 32.1. The monoisotopic (exact) mass is 264 g/mol. The highest BCUT2D eigenvalue weighted by molar-refractivity contribution is 7.20. The molecule has 8 heteroatoms. The fourth-order valence-electron chi connectivity index (χ4n) is 1.32. The third-order valence-corrected chi connectivity index (χ3v) is 3.14. The van der Waals surface area contributed by atoms with Crippen LogP contribution in [0.4, 0.5) is 9.80 Å². The number of hydrogen-bond acceptors (Lipinski definition) is 5. The number of urea groups is 1. The average molecular weight is 264 g/mol. The van der Waals surface area contributed by atoms with Gasteiger partial charge in [-0.15, -0.1) is 11.3 Å². The third-order valence-electron chi connectivity index (χ3n) is 2.04. The van der Waals surface area contributed by atoms with E-state index in [0.29, 0.717) is 10.4 Å². The first-order chi connectivity index (χ1) is 8.58. The number of primary amides is 1. The predicted octanol–water partition coefficient (Wildman–Crippen LogP) is 1.39. The molecule has 0 bridgehead atoms. The Bertz CT molecular complexity index is 596. The lowest BCUT2D eigenvalue weighted by Crippen LogP contribution is -2.19. The van der Waals surface area contributed by atoms with Crippen LogP contribution in [0.15, 0.2) is 24.8 Å². The molecule has 0 aromatic carbocycles. The Morgan fingerprint density at radius 3 is 2.56 bits per heavy atom. The van der Waals surface area contributed by atoms with Crippen LogP contribution >= 0.6 is 11.3 Å². The molecular weight excluding hydrogens is 256 g/mol. The molecule has 0 aliphatic carbocycles. The number of nitrogens with one attached hydrogen (secondary N) is 1. The molecule has 2 amide bonds. The molecule has 0 aliphatic rings. The number of nitrogens with zero attached hydrogens (tertiary/aromatic N) is 2. The predicted molar refractivity (Wildman–Crippen MR) is 65.5 cm³/mol. The number of carboxylic acids is 1. The maximum atomic E-state index is 11.0. The van der Waals surface area contributed by atoms with E-state index in [0.717, 1.165) is 11.3 Å². The molecule has 0 unspecified atom stereocenters. The average Bonchev–Trinajstić information content (AvgIpc) is 2.73. The second kappa shape index (κ2) is 4.80. The highest BCUT2D eigenvalue weighted by Gasteiger charge is 2.17. The molecule has 0 atom stereocenters. The van der Waals surface area contributed by atoms with Gasteiger partial charge >= 0.3 is 12.0 Å². The van der Waals surface area contributed by atoms with Crippen molar-refractivity contribution in [3.05, 3.63) is 30.4 Å². The number of thiophene rings is 1. The Balaban J connectivity index is 2.45. The molecule has 4 N–H and O–H groups in total. The molecule has 0 saturated carbocycles. The number of anilines is 1. The lowest BCUT2D eigenvalue weighted by atomic mass is 10.2. The molecule has 0 fully saturated rings. The van der Waals surface area contributed by atoms with E-state index >= 15 is 0 Å². The molecule has 7 nitrogen and oxygen atoms in total. The van der Waals surface area contributed by atoms with Gasteiger partial charge in [-0.05, 0) is 6.07 Å².